The van der Waals surface area contributed by atoms with Crippen LogP contribution in [-0.4, -0.2) is 54.0 Å². The Kier molecular flexibility index (Phi) is 4.12. The van der Waals surface area contributed by atoms with Crippen LogP contribution >= 0.6 is 0 Å². The lowest BCUT2D eigenvalue weighted by Crippen LogP contribution is -2.40. The molecule has 92 valence electrons. The van der Waals surface area contributed by atoms with Crippen molar-refractivity contribution < 1.29 is 24.2 Å². The molecule has 1 aliphatic rings. The van der Waals surface area contributed by atoms with Crippen LogP contribution in [-0.2, 0) is 14.3 Å². The van der Waals surface area contributed by atoms with Gasteiger partial charge in [0.05, 0.1) is 25.9 Å². The van der Waals surface area contributed by atoms with Crippen molar-refractivity contribution in [3.63, 3.8) is 0 Å². The maximum Gasteiger partial charge on any atom is 0.408 e. The molecular formula is C10H17NO5. The van der Waals surface area contributed by atoms with Crippen molar-refractivity contribution in [2.45, 2.75) is 38.5 Å². The zero-order chi connectivity index (χ0) is 12.3. The van der Waals surface area contributed by atoms with Gasteiger partial charge in [-0.25, -0.2) is 9.59 Å². The summed E-state index contributed by atoms with van der Waals surface area (Å²) < 4.78 is 10.1. The van der Waals surface area contributed by atoms with E-state index < -0.39 is 18.1 Å². The Bertz CT molecular complexity index is 278. The highest BCUT2D eigenvalue weighted by molar-refractivity contribution is 5.81. The number of amides is 1. The summed E-state index contributed by atoms with van der Waals surface area (Å²) in [4.78, 5) is 23.4. The predicted molar refractivity (Wildman–Crippen MR) is 55.2 cm³/mol. The van der Waals surface area contributed by atoms with E-state index in [4.69, 9.17) is 9.84 Å². The van der Waals surface area contributed by atoms with Gasteiger partial charge in [-0.3, -0.25) is 4.90 Å². The van der Waals surface area contributed by atoms with E-state index in [-0.39, 0.29) is 18.8 Å². The fourth-order valence-electron chi connectivity index (χ4n) is 1.85. The van der Waals surface area contributed by atoms with E-state index in [1.54, 1.807) is 0 Å². The summed E-state index contributed by atoms with van der Waals surface area (Å²) in [6.07, 6.45) is -0.987. The summed E-state index contributed by atoms with van der Waals surface area (Å²) >= 11 is 0. The van der Waals surface area contributed by atoms with Crippen molar-refractivity contribution in [2.24, 2.45) is 0 Å². The number of nitrogens with zero attached hydrogens (tertiary/aromatic N) is 1. The summed E-state index contributed by atoms with van der Waals surface area (Å²) in [6.45, 7) is 3.96. The Balaban J connectivity index is 2.68. The molecule has 2 atom stereocenters. The van der Waals surface area contributed by atoms with Gasteiger partial charge in [0.25, 0.3) is 0 Å². The Morgan fingerprint density at radius 2 is 2.06 bits per heavy atom. The van der Waals surface area contributed by atoms with Crippen LogP contribution < -0.4 is 0 Å². The zero-order valence-corrected chi connectivity index (χ0v) is 9.67. The molecule has 0 spiro atoms. The third-order valence-electron chi connectivity index (χ3n) is 2.45. The molecule has 0 aromatic carbocycles. The summed E-state index contributed by atoms with van der Waals surface area (Å²) in [6, 6.07) is -0.744. The van der Waals surface area contributed by atoms with E-state index >= 15 is 0 Å². The lowest BCUT2D eigenvalue weighted by Gasteiger charge is -2.18. The second kappa shape index (κ2) is 5.16. The smallest absolute Gasteiger partial charge is 0.408 e. The minimum Gasteiger partial charge on any atom is -0.467 e. The first-order valence-corrected chi connectivity index (χ1v) is 5.18. The number of carboxylic acid groups (broad SMARTS) is 1. The molecule has 1 fully saturated rings. The summed E-state index contributed by atoms with van der Waals surface area (Å²) in [7, 11) is 1.25. The molecule has 1 aliphatic heterocycles. The molecule has 6 heteroatoms. The SMILES string of the molecule is COC(=O)C1CC(OC(C)C)CN1C(=O)O. The van der Waals surface area contributed by atoms with E-state index in [2.05, 4.69) is 4.74 Å². The number of likely N-dealkylation sites (tertiary alicyclic amines) is 1. The quantitative estimate of drug-likeness (QED) is 0.724. The van der Waals surface area contributed by atoms with Gasteiger partial charge in [0, 0.05) is 6.42 Å². The summed E-state index contributed by atoms with van der Waals surface area (Å²) in [5.74, 6) is -0.530. The maximum absolute atomic E-state index is 11.4. The molecule has 16 heavy (non-hydrogen) atoms. The van der Waals surface area contributed by atoms with Gasteiger partial charge in [0.1, 0.15) is 6.04 Å². The van der Waals surface area contributed by atoms with Crippen LogP contribution in [0, 0.1) is 0 Å². The molecule has 0 saturated carbocycles. The number of rotatable bonds is 3. The third-order valence-corrected chi connectivity index (χ3v) is 2.45. The Morgan fingerprint density at radius 3 is 2.50 bits per heavy atom. The van der Waals surface area contributed by atoms with Crippen molar-refractivity contribution in [3.8, 4) is 0 Å². The average Bonchev–Trinajstić information content (AvgIpc) is 2.59. The van der Waals surface area contributed by atoms with Gasteiger partial charge < -0.3 is 14.6 Å². The minimum atomic E-state index is -1.12. The van der Waals surface area contributed by atoms with Gasteiger partial charge in [-0.1, -0.05) is 0 Å². The molecule has 0 aliphatic carbocycles. The number of esters is 1. The van der Waals surface area contributed by atoms with Crippen LogP contribution in [0.4, 0.5) is 4.79 Å². The molecule has 0 radical (unpaired) electrons. The fourth-order valence-corrected chi connectivity index (χ4v) is 1.85. The third kappa shape index (κ3) is 2.85. The lowest BCUT2D eigenvalue weighted by atomic mass is 10.2. The molecule has 1 heterocycles. The number of methoxy groups -OCH3 is 1. The average molecular weight is 231 g/mol. The zero-order valence-electron chi connectivity index (χ0n) is 9.67. The molecule has 0 aromatic rings. The fraction of sp³-hybridized carbons (Fsp3) is 0.800. The molecule has 1 saturated heterocycles. The van der Waals surface area contributed by atoms with E-state index in [9.17, 15) is 9.59 Å². The van der Waals surface area contributed by atoms with Crippen LogP contribution in [0.25, 0.3) is 0 Å². The Morgan fingerprint density at radius 1 is 1.44 bits per heavy atom. The lowest BCUT2D eigenvalue weighted by molar-refractivity contribution is -0.145. The molecule has 1 amide bonds. The second-order valence-corrected chi connectivity index (χ2v) is 4.02. The van der Waals surface area contributed by atoms with Crippen molar-refractivity contribution in [3.05, 3.63) is 0 Å². The van der Waals surface area contributed by atoms with Crippen molar-refractivity contribution >= 4 is 12.1 Å². The van der Waals surface area contributed by atoms with Gasteiger partial charge in [0.15, 0.2) is 0 Å². The minimum absolute atomic E-state index is 0.0111. The van der Waals surface area contributed by atoms with Gasteiger partial charge in [-0.05, 0) is 13.8 Å². The number of hydrogen-bond donors (Lipinski definition) is 1. The maximum atomic E-state index is 11.4. The van der Waals surface area contributed by atoms with E-state index in [0.717, 1.165) is 4.90 Å². The molecule has 6 nitrogen and oxygen atoms in total. The van der Waals surface area contributed by atoms with E-state index in [1.807, 2.05) is 13.8 Å². The first kappa shape index (κ1) is 12.8. The standard InChI is InChI=1S/C10H17NO5/c1-6(2)16-7-4-8(9(12)15-3)11(5-7)10(13)14/h6-8H,4-5H2,1-3H3,(H,13,14). The van der Waals surface area contributed by atoms with Crippen LogP contribution in [0.1, 0.15) is 20.3 Å². The van der Waals surface area contributed by atoms with Crippen molar-refractivity contribution in [1.82, 2.24) is 4.90 Å². The largest absolute Gasteiger partial charge is 0.467 e. The molecule has 1 N–H and O–H groups in total. The molecule has 0 bridgehead atoms. The first-order valence-electron chi connectivity index (χ1n) is 5.18. The van der Waals surface area contributed by atoms with Crippen molar-refractivity contribution in [2.75, 3.05) is 13.7 Å². The molecular weight excluding hydrogens is 214 g/mol. The highest BCUT2D eigenvalue weighted by Crippen LogP contribution is 2.22. The van der Waals surface area contributed by atoms with Crippen LogP contribution in [0.15, 0.2) is 0 Å². The Labute approximate surface area is 94.1 Å². The highest BCUT2D eigenvalue weighted by Gasteiger charge is 2.41. The number of carbonyl (C=O) groups excluding carboxylic acids is 1. The second-order valence-electron chi connectivity index (χ2n) is 4.02. The van der Waals surface area contributed by atoms with Crippen LogP contribution in [0.5, 0.6) is 0 Å². The van der Waals surface area contributed by atoms with Gasteiger partial charge >= 0.3 is 12.1 Å². The number of carbonyl (C=O) groups is 2. The van der Waals surface area contributed by atoms with Crippen molar-refractivity contribution in [1.29, 1.82) is 0 Å². The van der Waals surface area contributed by atoms with Crippen LogP contribution in [0.2, 0.25) is 0 Å². The molecule has 2 unspecified atom stereocenters. The Hall–Kier alpha value is -1.30. The van der Waals surface area contributed by atoms with E-state index in [1.165, 1.54) is 7.11 Å². The topological polar surface area (TPSA) is 76.1 Å². The number of hydrogen-bond acceptors (Lipinski definition) is 4. The van der Waals surface area contributed by atoms with Gasteiger partial charge in [-0.15, -0.1) is 0 Å². The number of ether oxygens (including phenoxy) is 2. The normalized spacial score (nSPS) is 24.9. The monoisotopic (exact) mass is 231 g/mol. The predicted octanol–water partition coefficient (Wildman–Crippen LogP) is 0.705. The van der Waals surface area contributed by atoms with Crippen LogP contribution in [0.3, 0.4) is 0 Å². The molecule has 1 rings (SSSR count). The summed E-state index contributed by atoms with van der Waals surface area (Å²) in [5.41, 5.74) is 0. The van der Waals surface area contributed by atoms with E-state index in [0.29, 0.717) is 6.42 Å². The molecule has 0 aromatic heterocycles. The highest BCUT2D eigenvalue weighted by atomic mass is 16.5. The van der Waals surface area contributed by atoms with Gasteiger partial charge in [-0.2, -0.15) is 0 Å². The van der Waals surface area contributed by atoms with Gasteiger partial charge in [0.2, 0.25) is 0 Å². The summed E-state index contributed by atoms with van der Waals surface area (Å²) in [5, 5.41) is 8.94. The first-order chi connectivity index (χ1) is 7.45.